The van der Waals surface area contributed by atoms with Crippen LogP contribution in [0.3, 0.4) is 0 Å². The Labute approximate surface area is 88.2 Å². The van der Waals surface area contributed by atoms with Gasteiger partial charge in [0.05, 0.1) is 0 Å². The molecular formula is C11H20W-. The van der Waals surface area contributed by atoms with Gasteiger partial charge in [-0.1, -0.05) is 13.8 Å². The van der Waals surface area contributed by atoms with Crippen molar-refractivity contribution in [3.63, 3.8) is 0 Å². The summed E-state index contributed by atoms with van der Waals surface area (Å²) in [6.07, 6.45) is 2.09. The van der Waals surface area contributed by atoms with Gasteiger partial charge in [-0.15, -0.1) is 0 Å². The summed E-state index contributed by atoms with van der Waals surface area (Å²) in [5.41, 5.74) is 2.21. The number of hydrogen-bond donors (Lipinski definition) is 0. The molecule has 1 heteroatoms. The summed E-state index contributed by atoms with van der Waals surface area (Å²) in [4.78, 5) is 0. The normalized spacial score (nSPS) is 10.3. The SMILES string of the molecule is CC.[CH-]=C(/C(C)=C\[CH]=[WH])C(C)C. The predicted molar refractivity (Wildman–Crippen MR) is 55.2 cm³/mol. The molecule has 0 aliphatic carbocycles. The van der Waals surface area contributed by atoms with E-state index in [4.69, 9.17) is 6.58 Å². The molecule has 0 radical (unpaired) electrons. The molecule has 0 saturated carbocycles. The third kappa shape index (κ3) is 6.73. The van der Waals surface area contributed by atoms with Crippen molar-refractivity contribution < 1.29 is 19.4 Å². The number of rotatable bonds is 3. The summed E-state index contributed by atoms with van der Waals surface area (Å²) in [7, 11) is 0. The summed E-state index contributed by atoms with van der Waals surface area (Å²) in [5, 5.41) is 0. The van der Waals surface area contributed by atoms with E-state index in [1.165, 1.54) is 24.9 Å². The molecule has 0 aromatic rings. The number of allylic oxidation sites excluding steroid dienone is 3. The van der Waals surface area contributed by atoms with Crippen LogP contribution in [0.15, 0.2) is 17.2 Å². The van der Waals surface area contributed by atoms with Gasteiger partial charge in [-0.3, -0.25) is 0 Å². The first kappa shape index (κ1) is 14.6. The van der Waals surface area contributed by atoms with Crippen LogP contribution in [0.2, 0.25) is 0 Å². The zero-order valence-corrected chi connectivity index (χ0v) is 12.0. The average molecular weight is 336 g/mol. The molecule has 0 amide bonds. The molecule has 0 aromatic heterocycles. The number of hydrogen-bond acceptors (Lipinski definition) is 0. The zero-order chi connectivity index (χ0) is 10.1. The van der Waals surface area contributed by atoms with Gasteiger partial charge >= 0.3 is 74.2 Å². The maximum absolute atomic E-state index is 5.79. The molecule has 0 rings (SSSR count). The van der Waals surface area contributed by atoms with E-state index in [1.54, 1.807) is 0 Å². The molecule has 0 aliphatic heterocycles. The predicted octanol–water partition coefficient (Wildman–Crippen LogP) is 3.06. The van der Waals surface area contributed by atoms with Gasteiger partial charge in [-0.25, -0.2) is 0 Å². The standard InChI is InChI=1S/C9H13.C2H6.W.H/c1-6-8(4)9(5)7(2)3;1-2;;/h1,5-7H,2-4H3;1-2H3;;/q-1;;;/b8-6-;;;. The topological polar surface area (TPSA) is 0 Å². The fourth-order valence-corrected chi connectivity index (χ4v) is 1.47. The van der Waals surface area contributed by atoms with Crippen molar-refractivity contribution in [2.45, 2.75) is 34.6 Å². The van der Waals surface area contributed by atoms with Crippen LogP contribution in [0.4, 0.5) is 0 Å². The van der Waals surface area contributed by atoms with E-state index in [9.17, 15) is 0 Å². The second-order valence-electron chi connectivity index (χ2n) is 2.61. The van der Waals surface area contributed by atoms with Crippen LogP contribution in [0.25, 0.3) is 0 Å². The minimum atomic E-state index is 0.467. The van der Waals surface area contributed by atoms with Gasteiger partial charge in [-0.2, -0.15) is 0 Å². The summed E-state index contributed by atoms with van der Waals surface area (Å²) < 4.78 is 2.12. The van der Waals surface area contributed by atoms with Crippen LogP contribution in [0, 0.1) is 12.5 Å². The van der Waals surface area contributed by atoms with E-state index in [0.29, 0.717) is 5.92 Å². The Morgan fingerprint density at radius 2 is 1.75 bits per heavy atom. The molecule has 0 fully saturated rings. The Morgan fingerprint density at radius 3 is 2.00 bits per heavy atom. The third-order valence-electron chi connectivity index (χ3n) is 1.40. The van der Waals surface area contributed by atoms with E-state index in [-0.39, 0.29) is 0 Å². The van der Waals surface area contributed by atoms with E-state index >= 15 is 0 Å². The van der Waals surface area contributed by atoms with Crippen molar-refractivity contribution in [2.24, 2.45) is 5.92 Å². The van der Waals surface area contributed by atoms with Crippen LogP contribution in [-0.4, -0.2) is 4.40 Å². The van der Waals surface area contributed by atoms with Crippen molar-refractivity contribution in [1.82, 2.24) is 0 Å². The third-order valence-corrected chi connectivity index (χ3v) is 1.94. The molecular weight excluding hydrogens is 316 g/mol. The molecule has 71 valence electrons. The summed E-state index contributed by atoms with van der Waals surface area (Å²) >= 11 is 1.29. The summed E-state index contributed by atoms with van der Waals surface area (Å²) in [6.45, 7) is 16.1. The van der Waals surface area contributed by atoms with Gasteiger partial charge in [0.2, 0.25) is 0 Å². The molecule has 0 N–H and O–H groups in total. The Bertz CT molecular complexity index is 164. The second kappa shape index (κ2) is 9.13. The first-order chi connectivity index (χ1) is 5.59. The van der Waals surface area contributed by atoms with E-state index in [1.807, 2.05) is 13.8 Å². The molecule has 0 saturated heterocycles. The van der Waals surface area contributed by atoms with Crippen molar-refractivity contribution in [3.8, 4) is 0 Å². The van der Waals surface area contributed by atoms with Gasteiger partial charge < -0.3 is 0 Å². The van der Waals surface area contributed by atoms with Gasteiger partial charge in [-0.05, 0) is 0 Å². The van der Waals surface area contributed by atoms with Crippen LogP contribution < -0.4 is 0 Å². The monoisotopic (exact) mass is 336 g/mol. The molecule has 0 bridgehead atoms. The molecule has 0 atom stereocenters. The van der Waals surface area contributed by atoms with Crippen molar-refractivity contribution in [2.75, 3.05) is 0 Å². The molecule has 0 aromatic carbocycles. The molecule has 12 heavy (non-hydrogen) atoms. The maximum atomic E-state index is 5.79. The van der Waals surface area contributed by atoms with Crippen LogP contribution in [0.1, 0.15) is 34.6 Å². The van der Waals surface area contributed by atoms with E-state index < -0.39 is 0 Å². The van der Waals surface area contributed by atoms with Crippen molar-refractivity contribution in [1.29, 1.82) is 0 Å². The molecule has 0 unspecified atom stereocenters. The average Bonchev–Trinajstić information content (AvgIpc) is 2.07. The zero-order valence-electron chi connectivity index (χ0n) is 8.76. The van der Waals surface area contributed by atoms with Gasteiger partial charge in [0.1, 0.15) is 0 Å². The molecule has 0 spiro atoms. The van der Waals surface area contributed by atoms with Crippen molar-refractivity contribution >= 4 is 4.40 Å². The summed E-state index contributed by atoms with van der Waals surface area (Å²) in [5.74, 6) is 0.467. The van der Waals surface area contributed by atoms with Gasteiger partial charge in [0, 0.05) is 0 Å². The first-order valence-corrected chi connectivity index (χ1v) is 6.22. The Morgan fingerprint density at radius 1 is 1.33 bits per heavy atom. The van der Waals surface area contributed by atoms with Crippen LogP contribution in [-0.2, 0) is 19.4 Å². The minimum absolute atomic E-state index is 0.467. The van der Waals surface area contributed by atoms with E-state index in [2.05, 4.69) is 31.2 Å². The quantitative estimate of drug-likeness (QED) is 0.549. The van der Waals surface area contributed by atoms with Crippen molar-refractivity contribution in [3.05, 3.63) is 23.8 Å². The second-order valence-corrected chi connectivity index (χ2v) is 3.68. The van der Waals surface area contributed by atoms with E-state index in [0.717, 1.165) is 5.57 Å². The molecule has 0 nitrogen and oxygen atoms in total. The Kier molecular flexibility index (Phi) is 11.1. The first-order valence-electron chi connectivity index (χ1n) is 4.36. The fourth-order valence-electron chi connectivity index (χ4n) is 0.663. The molecule has 0 aliphatic rings. The van der Waals surface area contributed by atoms with Crippen LogP contribution in [0.5, 0.6) is 0 Å². The van der Waals surface area contributed by atoms with Gasteiger partial charge in [0.15, 0.2) is 0 Å². The Balaban J connectivity index is 0. The van der Waals surface area contributed by atoms with Crippen LogP contribution >= 0.6 is 0 Å². The Hall–Kier alpha value is 0.0383. The molecule has 0 heterocycles. The van der Waals surface area contributed by atoms with Gasteiger partial charge in [0.25, 0.3) is 0 Å². The fraction of sp³-hybridized carbons (Fsp3) is 0.545. The summed E-state index contributed by atoms with van der Waals surface area (Å²) in [6, 6.07) is 0.